The van der Waals surface area contributed by atoms with Gasteiger partial charge in [-0.05, 0) is 29.9 Å². The molecular weight excluding hydrogens is 228 g/mol. The fourth-order valence-electron chi connectivity index (χ4n) is 1.01. The van der Waals surface area contributed by atoms with E-state index in [4.69, 9.17) is 23.8 Å². The van der Waals surface area contributed by atoms with Gasteiger partial charge in [-0.2, -0.15) is 0 Å². The van der Waals surface area contributed by atoms with Gasteiger partial charge < -0.3 is 10.6 Å². The summed E-state index contributed by atoms with van der Waals surface area (Å²) < 4.78 is 0. The van der Waals surface area contributed by atoms with Crippen molar-refractivity contribution in [3.8, 4) is 0 Å². The summed E-state index contributed by atoms with van der Waals surface area (Å²) in [5.41, 5.74) is 1.14. The van der Waals surface area contributed by atoms with Crippen LogP contribution in [-0.4, -0.2) is 11.7 Å². The van der Waals surface area contributed by atoms with Crippen molar-refractivity contribution < 1.29 is 0 Å². The Hall–Kier alpha value is -1.06. The van der Waals surface area contributed by atoms with Gasteiger partial charge in [-0.1, -0.05) is 29.8 Å². The lowest BCUT2D eigenvalue weighted by Gasteiger charge is -2.08. The number of hydrogen-bond donors (Lipinski definition) is 2. The van der Waals surface area contributed by atoms with E-state index in [9.17, 15) is 0 Å². The van der Waals surface area contributed by atoms with Crippen LogP contribution in [0.3, 0.4) is 0 Å². The maximum Gasteiger partial charge on any atom is 0.166 e. The smallest absolute Gasteiger partial charge is 0.166 e. The van der Waals surface area contributed by atoms with Crippen molar-refractivity contribution in [2.45, 2.75) is 6.54 Å². The van der Waals surface area contributed by atoms with Crippen LogP contribution in [0.25, 0.3) is 0 Å². The lowest BCUT2D eigenvalue weighted by atomic mass is 10.2. The third-order valence-electron chi connectivity index (χ3n) is 1.77. The number of nitrogens with one attached hydrogen (secondary N) is 2. The first-order valence-corrected chi connectivity index (χ1v) is 5.38. The van der Waals surface area contributed by atoms with Gasteiger partial charge in [0.25, 0.3) is 0 Å². The predicted molar refractivity (Wildman–Crippen MR) is 69.1 cm³/mol. The minimum Gasteiger partial charge on any atom is -0.359 e. The molecule has 2 N–H and O–H groups in total. The minimum atomic E-state index is 0.629. The molecule has 15 heavy (non-hydrogen) atoms. The van der Waals surface area contributed by atoms with E-state index in [0.717, 1.165) is 10.6 Å². The van der Waals surface area contributed by atoms with Gasteiger partial charge in [-0.15, -0.1) is 6.58 Å². The first kappa shape index (κ1) is 12.0. The number of hydrogen-bond acceptors (Lipinski definition) is 1. The summed E-state index contributed by atoms with van der Waals surface area (Å²) in [7, 11) is 0. The summed E-state index contributed by atoms with van der Waals surface area (Å²) in [6, 6.07) is 7.65. The molecule has 0 saturated heterocycles. The quantitative estimate of drug-likeness (QED) is 0.625. The van der Waals surface area contributed by atoms with Crippen molar-refractivity contribution in [1.82, 2.24) is 10.6 Å². The lowest BCUT2D eigenvalue weighted by Crippen LogP contribution is -2.34. The van der Waals surface area contributed by atoms with Crippen LogP contribution >= 0.6 is 23.8 Å². The molecule has 0 aliphatic rings. The van der Waals surface area contributed by atoms with Crippen molar-refractivity contribution >= 4 is 28.9 Å². The van der Waals surface area contributed by atoms with Crippen molar-refractivity contribution in [3.63, 3.8) is 0 Å². The van der Waals surface area contributed by atoms with Gasteiger partial charge in [-0.3, -0.25) is 0 Å². The normalized spacial score (nSPS) is 9.40. The maximum absolute atomic E-state index is 5.77. The van der Waals surface area contributed by atoms with Crippen LogP contribution in [0.4, 0.5) is 0 Å². The molecule has 1 aromatic rings. The monoisotopic (exact) mass is 240 g/mol. The molecule has 0 amide bonds. The second-order valence-electron chi connectivity index (χ2n) is 2.98. The van der Waals surface area contributed by atoms with E-state index in [2.05, 4.69) is 17.2 Å². The largest absolute Gasteiger partial charge is 0.359 e. The molecular formula is C11H13ClN2S. The molecule has 0 bridgehead atoms. The average molecular weight is 241 g/mol. The highest BCUT2D eigenvalue weighted by Crippen LogP contribution is 2.08. The average Bonchev–Trinajstić information content (AvgIpc) is 2.25. The van der Waals surface area contributed by atoms with E-state index in [-0.39, 0.29) is 0 Å². The second kappa shape index (κ2) is 6.43. The van der Waals surface area contributed by atoms with E-state index < -0.39 is 0 Å². The Bertz CT molecular complexity index is 335. The summed E-state index contributed by atoms with van der Waals surface area (Å²) in [5, 5.41) is 7.44. The highest BCUT2D eigenvalue weighted by atomic mass is 35.5. The number of benzene rings is 1. The third kappa shape index (κ3) is 4.81. The Morgan fingerprint density at radius 1 is 1.33 bits per heavy atom. The number of halogens is 1. The molecule has 0 aliphatic heterocycles. The van der Waals surface area contributed by atoms with Gasteiger partial charge in [0.15, 0.2) is 5.11 Å². The molecule has 1 aromatic carbocycles. The first-order chi connectivity index (χ1) is 7.22. The molecule has 0 aliphatic carbocycles. The molecule has 0 radical (unpaired) electrons. The Morgan fingerprint density at radius 3 is 2.60 bits per heavy atom. The fraction of sp³-hybridized carbons (Fsp3) is 0.182. The fourth-order valence-corrected chi connectivity index (χ4v) is 1.29. The molecule has 80 valence electrons. The van der Waals surface area contributed by atoms with Crippen molar-refractivity contribution in [3.05, 3.63) is 47.5 Å². The standard InChI is InChI=1S/C11H13ClN2S/c1-2-7-13-11(15)14-8-9-3-5-10(12)6-4-9/h2-6H,1,7-8H2,(H2,13,14,15). The molecule has 0 heterocycles. The van der Waals surface area contributed by atoms with E-state index >= 15 is 0 Å². The van der Waals surface area contributed by atoms with Gasteiger partial charge in [0.05, 0.1) is 0 Å². The summed E-state index contributed by atoms with van der Waals surface area (Å²) in [6.07, 6.45) is 1.76. The van der Waals surface area contributed by atoms with Crippen LogP contribution in [0.2, 0.25) is 5.02 Å². The topological polar surface area (TPSA) is 24.1 Å². The zero-order valence-electron chi connectivity index (χ0n) is 8.29. The van der Waals surface area contributed by atoms with Crippen LogP contribution < -0.4 is 10.6 Å². The van der Waals surface area contributed by atoms with Gasteiger partial charge in [0.2, 0.25) is 0 Å². The molecule has 0 unspecified atom stereocenters. The minimum absolute atomic E-state index is 0.629. The highest BCUT2D eigenvalue weighted by Gasteiger charge is 1.95. The van der Waals surface area contributed by atoms with E-state index in [1.165, 1.54) is 0 Å². The molecule has 0 aromatic heterocycles. The van der Waals surface area contributed by atoms with Crippen molar-refractivity contribution in [1.29, 1.82) is 0 Å². The van der Waals surface area contributed by atoms with Crippen LogP contribution in [0, 0.1) is 0 Å². The van der Waals surface area contributed by atoms with Crippen LogP contribution in [0.1, 0.15) is 5.56 Å². The first-order valence-electron chi connectivity index (χ1n) is 4.59. The van der Waals surface area contributed by atoms with E-state index in [1.807, 2.05) is 24.3 Å². The molecule has 4 heteroatoms. The van der Waals surface area contributed by atoms with Crippen molar-refractivity contribution in [2.75, 3.05) is 6.54 Å². The van der Waals surface area contributed by atoms with Crippen LogP contribution in [-0.2, 0) is 6.54 Å². The Balaban J connectivity index is 2.33. The molecule has 0 atom stereocenters. The zero-order chi connectivity index (χ0) is 11.1. The Kier molecular flexibility index (Phi) is 5.15. The molecule has 0 spiro atoms. The van der Waals surface area contributed by atoms with E-state index in [0.29, 0.717) is 18.2 Å². The van der Waals surface area contributed by atoms with E-state index in [1.54, 1.807) is 6.08 Å². The summed E-state index contributed by atoms with van der Waals surface area (Å²) in [4.78, 5) is 0. The summed E-state index contributed by atoms with van der Waals surface area (Å²) in [6.45, 7) is 4.96. The van der Waals surface area contributed by atoms with Gasteiger partial charge in [0.1, 0.15) is 0 Å². The lowest BCUT2D eigenvalue weighted by molar-refractivity contribution is 0.873. The van der Waals surface area contributed by atoms with Gasteiger partial charge >= 0.3 is 0 Å². The summed E-state index contributed by atoms with van der Waals surface area (Å²) >= 11 is 10.8. The van der Waals surface area contributed by atoms with Crippen LogP contribution in [0.15, 0.2) is 36.9 Å². The number of rotatable bonds is 4. The van der Waals surface area contributed by atoms with Gasteiger partial charge in [-0.25, -0.2) is 0 Å². The zero-order valence-corrected chi connectivity index (χ0v) is 9.87. The Morgan fingerprint density at radius 2 is 2.00 bits per heavy atom. The molecule has 0 fully saturated rings. The number of thiocarbonyl (C=S) groups is 1. The van der Waals surface area contributed by atoms with Crippen molar-refractivity contribution in [2.24, 2.45) is 0 Å². The maximum atomic E-state index is 5.77. The van der Waals surface area contributed by atoms with Crippen LogP contribution in [0.5, 0.6) is 0 Å². The second-order valence-corrected chi connectivity index (χ2v) is 3.82. The predicted octanol–water partition coefficient (Wildman–Crippen LogP) is 2.49. The third-order valence-corrected chi connectivity index (χ3v) is 2.31. The molecule has 0 saturated carbocycles. The molecule has 1 rings (SSSR count). The molecule has 2 nitrogen and oxygen atoms in total. The Labute approximate surface area is 100 Å². The SMILES string of the molecule is C=CCNC(=S)NCc1ccc(Cl)cc1. The highest BCUT2D eigenvalue weighted by molar-refractivity contribution is 7.80. The summed E-state index contributed by atoms with van der Waals surface area (Å²) in [5.74, 6) is 0. The van der Waals surface area contributed by atoms with Gasteiger partial charge in [0, 0.05) is 18.1 Å².